The van der Waals surface area contributed by atoms with Crippen molar-refractivity contribution in [3.8, 4) is 5.75 Å². The van der Waals surface area contributed by atoms with Crippen molar-refractivity contribution in [2.75, 3.05) is 59.6 Å². The van der Waals surface area contributed by atoms with Gasteiger partial charge in [0.15, 0.2) is 5.69 Å². The summed E-state index contributed by atoms with van der Waals surface area (Å²) in [4.78, 5) is 17.5. The van der Waals surface area contributed by atoms with Gasteiger partial charge in [0.05, 0.1) is 20.3 Å². The second kappa shape index (κ2) is 10.8. The van der Waals surface area contributed by atoms with E-state index in [2.05, 4.69) is 32.4 Å². The van der Waals surface area contributed by atoms with Crippen molar-refractivity contribution in [2.45, 2.75) is 13.0 Å². The number of hydrogen-bond donors (Lipinski definition) is 1. The normalized spacial score (nSPS) is 17.4. The van der Waals surface area contributed by atoms with Crippen molar-refractivity contribution < 1.29 is 14.3 Å². The van der Waals surface area contributed by atoms with Gasteiger partial charge in [0.25, 0.3) is 5.91 Å². The van der Waals surface area contributed by atoms with E-state index in [-0.39, 0.29) is 5.91 Å². The number of carbonyl (C=O) groups excluding carboxylic acids is 1. The molecule has 1 aromatic heterocycles. The van der Waals surface area contributed by atoms with Gasteiger partial charge < -0.3 is 14.8 Å². The molecule has 1 amide bonds. The highest BCUT2D eigenvalue weighted by molar-refractivity contribution is 5.94. The molecule has 0 aliphatic carbocycles. The van der Waals surface area contributed by atoms with Gasteiger partial charge >= 0.3 is 0 Å². The van der Waals surface area contributed by atoms with Gasteiger partial charge in [-0.15, -0.1) is 0 Å². The van der Waals surface area contributed by atoms with Crippen LogP contribution in [0.1, 0.15) is 27.3 Å². The highest BCUT2D eigenvalue weighted by Crippen LogP contribution is 2.23. The van der Waals surface area contributed by atoms with E-state index in [9.17, 15) is 4.79 Å². The van der Waals surface area contributed by atoms with Crippen LogP contribution in [0, 0.1) is 0 Å². The molecule has 1 fully saturated rings. The van der Waals surface area contributed by atoms with Crippen LogP contribution in [-0.4, -0.2) is 85.1 Å². The molecule has 8 nitrogen and oxygen atoms in total. The summed E-state index contributed by atoms with van der Waals surface area (Å²) >= 11 is 0. The third-order valence-corrected chi connectivity index (χ3v) is 6.15. The van der Waals surface area contributed by atoms with Crippen LogP contribution in [0.3, 0.4) is 0 Å². The summed E-state index contributed by atoms with van der Waals surface area (Å²) in [5.74, 6) is 0.787. The number of carbonyl (C=O) groups is 1. The summed E-state index contributed by atoms with van der Waals surface area (Å²) in [7, 11) is 3.62. The van der Waals surface area contributed by atoms with E-state index in [0.29, 0.717) is 12.2 Å². The number of nitrogens with zero attached hydrogens (tertiary/aromatic N) is 4. The minimum absolute atomic E-state index is 0.0819. The van der Waals surface area contributed by atoms with Crippen molar-refractivity contribution in [3.63, 3.8) is 0 Å². The van der Waals surface area contributed by atoms with E-state index in [1.165, 1.54) is 0 Å². The van der Waals surface area contributed by atoms with Crippen molar-refractivity contribution in [2.24, 2.45) is 7.05 Å². The maximum atomic E-state index is 12.9. The Morgan fingerprint density at radius 3 is 2.84 bits per heavy atom. The summed E-state index contributed by atoms with van der Waals surface area (Å²) < 4.78 is 12.7. The molecule has 32 heavy (non-hydrogen) atoms. The van der Waals surface area contributed by atoms with Crippen molar-refractivity contribution in [1.29, 1.82) is 0 Å². The predicted octanol–water partition coefficient (Wildman–Crippen LogP) is 1.56. The van der Waals surface area contributed by atoms with Gasteiger partial charge in [-0.2, -0.15) is 5.10 Å². The molecule has 0 atom stereocenters. The van der Waals surface area contributed by atoms with Crippen molar-refractivity contribution in [3.05, 3.63) is 52.9 Å². The molecule has 0 bridgehead atoms. The Labute approximate surface area is 189 Å². The Bertz CT molecular complexity index is 949. The van der Waals surface area contributed by atoms with Gasteiger partial charge in [0.2, 0.25) is 0 Å². The summed E-state index contributed by atoms with van der Waals surface area (Å²) in [6.07, 6.45) is 5.14. The number of amides is 1. The first-order valence-corrected chi connectivity index (χ1v) is 11.3. The zero-order valence-electron chi connectivity index (χ0n) is 19.0. The van der Waals surface area contributed by atoms with Crippen LogP contribution in [0.25, 0.3) is 6.08 Å². The fraction of sp³-hybridized carbons (Fsp3) is 0.500. The zero-order chi connectivity index (χ0) is 22.3. The molecule has 0 saturated carbocycles. The van der Waals surface area contributed by atoms with E-state index in [1.807, 2.05) is 36.0 Å². The SMILES string of the molecule is COc1ccccc1/C=C/CN1CCc2c(c(C(=O)NCCN3CCOCC3)nn2C)C1. The van der Waals surface area contributed by atoms with Gasteiger partial charge in [0.1, 0.15) is 5.75 Å². The summed E-state index contributed by atoms with van der Waals surface area (Å²) in [5, 5.41) is 7.61. The number of ether oxygens (including phenoxy) is 2. The number of rotatable bonds is 8. The Hall–Kier alpha value is -2.68. The molecular weight excluding hydrogens is 406 g/mol. The first-order valence-electron chi connectivity index (χ1n) is 11.3. The first-order chi connectivity index (χ1) is 15.7. The van der Waals surface area contributed by atoms with Crippen LogP contribution in [0.5, 0.6) is 5.75 Å². The van der Waals surface area contributed by atoms with E-state index in [0.717, 1.165) is 81.5 Å². The fourth-order valence-electron chi connectivity index (χ4n) is 4.36. The maximum absolute atomic E-state index is 12.9. The number of nitrogens with one attached hydrogen (secondary N) is 1. The number of hydrogen-bond acceptors (Lipinski definition) is 6. The molecular formula is C24H33N5O3. The standard InChI is InChI=1S/C24H33N5O3/c1-27-21-9-12-29(11-5-7-19-6-3-4-8-22(19)31-2)18-20(21)23(26-27)24(30)25-10-13-28-14-16-32-17-15-28/h3-8H,9-18H2,1-2H3,(H,25,30)/b7-5+. The summed E-state index contributed by atoms with van der Waals surface area (Å²) in [6.45, 7) is 7.32. The Kier molecular flexibility index (Phi) is 7.57. The molecule has 2 aromatic rings. The van der Waals surface area contributed by atoms with Crippen molar-refractivity contribution in [1.82, 2.24) is 24.9 Å². The lowest BCUT2D eigenvalue weighted by Gasteiger charge is -2.27. The molecule has 172 valence electrons. The molecule has 1 aromatic carbocycles. The average Bonchev–Trinajstić information content (AvgIpc) is 3.16. The molecule has 0 radical (unpaired) electrons. The van der Waals surface area contributed by atoms with Crippen LogP contribution in [-0.2, 0) is 24.8 Å². The number of aryl methyl sites for hydroxylation is 1. The average molecular weight is 440 g/mol. The van der Waals surface area contributed by atoms with E-state index in [1.54, 1.807) is 7.11 Å². The molecule has 1 N–H and O–H groups in total. The molecule has 0 spiro atoms. The lowest BCUT2D eigenvalue weighted by atomic mass is 10.0. The fourth-order valence-corrected chi connectivity index (χ4v) is 4.36. The van der Waals surface area contributed by atoms with Crippen LogP contribution < -0.4 is 10.1 Å². The number of aromatic nitrogens is 2. The number of benzene rings is 1. The highest BCUT2D eigenvalue weighted by Gasteiger charge is 2.26. The van der Waals surface area contributed by atoms with Crippen LogP contribution in [0.2, 0.25) is 0 Å². The van der Waals surface area contributed by atoms with Gasteiger partial charge in [-0.25, -0.2) is 0 Å². The molecule has 3 heterocycles. The first kappa shape index (κ1) is 22.5. The second-order valence-corrected chi connectivity index (χ2v) is 8.24. The minimum atomic E-state index is -0.0819. The number of methoxy groups -OCH3 is 1. The number of fused-ring (bicyclic) bond motifs is 1. The maximum Gasteiger partial charge on any atom is 0.272 e. The molecule has 8 heteroatoms. The van der Waals surface area contributed by atoms with Gasteiger partial charge in [-0.1, -0.05) is 30.4 Å². The van der Waals surface area contributed by atoms with Crippen LogP contribution in [0.15, 0.2) is 30.3 Å². The molecule has 2 aliphatic rings. The molecule has 0 unspecified atom stereocenters. The minimum Gasteiger partial charge on any atom is -0.496 e. The van der Waals surface area contributed by atoms with E-state index < -0.39 is 0 Å². The quantitative estimate of drug-likeness (QED) is 0.673. The largest absolute Gasteiger partial charge is 0.496 e. The third-order valence-electron chi connectivity index (χ3n) is 6.15. The smallest absolute Gasteiger partial charge is 0.272 e. The molecule has 2 aliphatic heterocycles. The lowest BCUT2D eigenvalue weighted by molar-refractivity contribution is 0.0383. The van der Waals surface area contributed by atoms with Crippen LogP contribution in [0.4, 0.5) is 0 Å². The Morgan fingerprint density at radius 1 is 1.22 bits per heavy atom. The lowest BCUT2D eigenvalue weighted by Crippen LogP contribution is -2.41. The summed E-state index contributed by atoms with van der Waals surface area (Å²) in [5.41, 5.74) is 3.83. The topological polar surface area (TPSA) is 71.9 Å². The zero-order valence-corrected chi connectivity index (χ0v) is 19.0. The Balaban J connectivity index is 1.35. The Morgan fingerprint density at radius 2 is 2.03 bits per heavy atom. The van der Waals surface area contributed by atoms with Gasteiger partial charge in [0, 0.05) is 76.1 Å². The van der Waals surface area contributed by atoms with Crippen LogP contribution >= 0.6 is 0 Å². The monoisotopic (exact) mass is 439 g/mol. The highest BCUT2D eigenvalue weighted by atomic mass is 16.5. The second-order valence-electron chi connectivity index (χ2n) is 8.24. The van der Waals surface area contributed by atoms with Crippen molar-refractivity contribution >= 4 is 12.0 Å². The van der Waals surface area contributed by atoms with E-state index in [4.69, 9.17) is 9.47 Å². The number of morpholine rings is 1. The van der Waals surface area contributed by atoms with E-state index >= 15 is 0 Å². The third kappa shape index (κ3) is 5.38. The van der Waals surface area contributed by atoms with Gasteiger partial charge in [-0.05, 0) is 6.07 Å². The predicted molar refractivity (Wildman–Crippen MR) is 124 cm³/mol. The summed E-state index contributed by atoms with van der Waals surface area (Å²) in [6, 6.07) is 7.99. The molecule has 1 saturated heterocycles. The number of para-hydroxylation sites is 1. The molecule has 4 rings (SSSR count). The van der Waals surface area contributed by atoms with Gasteiger partial charge in [-0.3, -0.25) is 19.3 Å².